The Kier molecular flexibility index (Phi) is 7.48. The maximum absolute atomic E-state index is 12.4. The number of halogens is 1. The average Bonchev–Trinajstić information content (AvgIpc) is 3.18. The second kappa shape index (κ2) is 10.7. The summed E-state index contributed by atoms with van der Waals surface area (Å²) in [6, 6.07) is 18.9. The molecule has 1 heterocycles. The third-order valence-electron chi connectivity index (χ3n) is 5.89. The van der Waals surface area contributed by atoms with E-state index in [0.29, 0.717) is 41.9 Å². The number of rotatable bonds is 10. The molecule has 182 valence electrons. The summed E-state index contributed by atoms with van der Waals surface area (Å²) < 4.78 is 18.1. The first kappa shape index (κ1) is 24.4. The van der Waals surface area contributed by atoms with Crippen molar-refractivity contribution in [1.29, 1.82) is 0 Å². The Bertz CT molecular complexity index is 1320. The first-order valence-corrected chi connectivity index (χ1v) is 11.4. The zero-order valence-electron chi connectivity index (χ0n) is 19.8. The van der Waals surface area contributed by atoms with Crippen LogP contribution in [-0.2, 0) is 19.6 Å². The van der Waals surface area contributed by atoms with Gasteiger partial charge in [-0.2, -0.15) is 0 Å². The predicted octanol–water partition coefficient (Wildman–Crippen LogP) is 5.36. The fourth-order valence-corrected chi connectivity index (χ4v) is 4.43. The Balaban J connectivity index is 1.65. The molecule has 4 rings (SSSR count). The summed E-state index contributed by atoms with van der Waals surface area (Å²) in [6.07, 6.45) is 0. The molecule has 0 spiro atoms. The van der Waals surface area contributed by atoms with Crippen LogP contribution in [0.2, 0.25) is 5.02 Å². The van der Waals surface area contributed by atoms with Crippen molar-refractivity contribution in [2.24, 2.45) is 0 Å². The molecule has 2 N–H and O–H groups in total. The Morgan fingerprint density at radius 3 is 2.17 bits per heavy atom. The number of methoxy groups -OCH3 is 3. The topological polar surface area (TPSA) is 82.0 Å². The number of para-hydroxylation sites is 1. The van der Waals surface area contributed by atoms with Crippen molar-refractivity contribution < 1.29 is 24.1 Å². The fourth-order valence-electron chi connectivity index (χ4n) is 4.30. The van der Waals surface area contributed by atoms with E-state index in [1.54, 1.807) is 21.3 Å². The molecule has 0 unspecified atom stereocenters. The molecule has 35 heavy (non-hydrogen) atoms. The number of aromatic nitrogens is 1. The largest absolute Gasteiger partial charge is 0.493 e. The van der Waals surface area contributed by atoms with Gasteiger partial charge in [0, 0.05) is 41.1 Å². The number of benzene rings is 3. The minimum Gasteiger partial charge on any atom is -0.493 e. The molecular formula is C27H27ClN2O5. The zero-order chi connectivity index (χ0) is 24.9. The van der Waals surface area contributed by atoms with Crippen LogP contribution in [0.5, 0.6) is 17.2 Å². The minimum absolute atomic E-state index is 0.263. The summed E-state index contributed by atoms with van der Waals surface area (Å²) in [6.45, 7) is 1.27. The highest BCUT2D eigenvalue weighted by molar-refractivity contribution is 6.30. The Labute approximate surface area is 208 Å². The van der Waals surface area contributed by atoms with Crippen molar-refractivity contribution in [2.75, 3.05) is 21.3 Å². The van der Waals surface area contributed by atoms with Crippen LogP contribution in [0.25, 0.3) is 10.9 Å². The summed E-state index contributed by atoms with van der Waals surface area (Å²) >= 11 is 6.03. The molecule has 3 aromatic carbocycles. The number of nitrogens with zero attached hydrogens (tertiary/aromatic N) is 1. The van der Waals surface area contributed by atoms with E-state index < -0.39 is 5.97 Å². The maximum Gasteiger partial charge on any atom is 0.352 e. The van der Waals surface area contributed by atoms with Gasteiger partial charge in [-0.1, -0.05) is 41.9 Å². The van der Waals surface area contributed by atoms with Crippen LogP contribution in [0, 0.1) is 0 Å². The summed E-state index contributed by atoms with van der Waals surface area (Å²) in [7, 11) is 4.71. The number of aromatic carboxylic acids is 1. The molecule has 0 radical (unpaired) electrons. The van der Waals surface area contributed by atoms with Gasteiger partial charge in [0.15, 0.2) is 11.5 Å². The highest BCUT2D eigenvalue weighted by atomic mass is 35.5. The third-order valence-corrected chi connectivity index (χ3v) is 6.14. The lowest BCUT2D eigenvalue weighted by Crippen LogP contribution is -2.17. The van der Waals surface area contributed by atoms with Gasteiger partial charge in [0.05, 0.1) is 21.3 Å². The van der Waals surface area contributed by atoms with Gasteiger partial charge in [-0.3, -0.25) is 0 Å². The lowest BCUT2D eigenvalue weighted by molar-refractivity contribution is 0.0684. The molecule has 0 saturated heterocycles. The molecule has 0 aliphatic carbocycles. The molecule has 0 aliphatic heterocycles. The molecule has 0 amide bonds. The SMILES string of the molecule is COc1cc(CNCc2c(C(=O)O)n(Cc3ccc(Cl)cc3)c3ccccc23)cc(OC)c1OC. The second-order valence-corrected chi connectivity index (χ2v) is 8.44. The van der Waals surface area contributed by atoms with Crippen LogP contribution >= 0.6 is 11.6 Å². The van der Waals surface area contributed by atoms with Crippen molar-refractivity contribution >= 4 is 28.5 Å². The Hall–Kier alpha value is -3.68. The Morgan fingerprint density at radius 2 is 1.57 bits per heavy atom. The quantitative estimate of drug-likeness (QED) is 0.309. The van der Waals surface area contributed by atoms with Crippen molar-refractivity contribution in [3.63, 3.8) is 0 Å². The Morgan fingerprint density at radius 1 is 0.914 bits per heavy atom. The first-order chi connectivity index (χ1) is 17.0. The number of ether oxygens (including phenoxy) is 3. The minimum atomic E-state index is -0.972. The third kappa shape index (κ3) is 5.06. The normalized spacial score (nSPS) is 11.0. The van der Waals surface area contributed by atoms with Crippen molar-refractivity contribution in [3.05, 3.63) is 88.1 Å². The summed E-state index contributed by atoms with van der Waals surface area (Å²) in [5.41, 5.74) is 3.74. The number of carbonyl (C=O) groups is 1. The summed E-state index contributed by atoms with van der Waals surface area (Å²) in [5, 5.41) is 15.1. The van der Waals surface area contributed by atoms with Gasteiger partial charge >= 0.3 is 5.97 Å². The highest BCUT2D eigenvalue weighted by Gasteiger charge is 2.22. The van der Waals surface area contributed by atoms with Gasteiger partial charge in [0.2, 0.25) is 5.75 Å². The molecule has 0 saturated carbocycles. The predicted molar refractivity (Wildman–Crippen MR) is 136 cm³/mol. The standard InChI is InChI=1S/C27H27ClN2O5/c1-33-23-12-18(13-24(34-2)26(23)35-3)14-29-15-21-20-6-4-5-7-22(20)30(25(21)27(31)32)16-17-8-10-19(28)11-9-17/h4-13,29H,14-16H2,1-3H3,(H,31,32). The molecule has 1 aromatic heterocycles. The van der Waals surface area contributed by atoms with Crippen LogP contribution in [0.15, 0.2) is 60.7 Å². The van der Waals surface area contributed by atoms with Gasteiger partial charge in [-0.05, 0) is 41.5 Å². The van der Waals surface area contributed by atoms with Gasteiger partial charge in [-0.15, -0.1) is 0 Å². The molecular weight excluding hydrogens is 468 g/mol. The van der Waals surface area contributed by atoms with Gasteiger partial charge in [0.1, 0.15) is 5.69 Å². The van der Waals surface area contributed by atoms with E-state index in [1.165, 1.54) is 0 Å². The van der Waals surface area contributed by atoms with E-state index in [-0.39, 0.29) is 5.69 Å². The van der Waals surface area contributed by atoms with Crippen LogP contribution in [0.1, 0.15) is 27.2 Å². The second-order valence-electron chi connectivity index (χ2n) is 8.00. The average molecular weight is 495 g/mol. The first-order valence-electron chi connectivity index (χ1n) is 11.0. The van der Waals surface area contributed by atoms with Crippen molar-refractivity contribution in [3.8, 4) is 17.2 Å². The van der Waals surface area contributed by atoms with E-state index in [2.05, 4.69) is 5.32 Å². The molecule has 0 aliphatic rings. The summed E-state index contributed by atoms with van der Waals surface area (Å²) in [4.78, 5) is 12.4. The van der Waals surface area contributed by atoms with Crippen LogP contribution in [0.4, 0.5) is 0 Å². The number of carboxylic acids is 1. The molecule has 8 heteroatoms. The number of nitrogens with one attached hydrogen (secondary N) is 1. The summed E-state index contributed by atoms with van der Waals surface area (Å²) in [5.74, 6) is 0.681. The number of hydrogen-bond acceptors (Lipinski definition) is 5. The van der Waals surface area contributed by atoms with Crippen LogP contribution in [-0.4, -0.2) is 37.0 Å². The number of fused-ring (bicyclic) bond motifs is 1. The molecule has 0 bridgehead atoms. The van der Waals surface area contributed by atoms with E-state index in [1.807, 2.05) is 65.2 Å². The van der Waals surface area contributed by atoms with Gasteiger partial charge in [-0.25, -0.2) is 4.79 Å². The molecule has 7 nitrogen and oxygen atoms in total. The van der Waals surface area contributed by atoms with E-state index in [9.17, 15) is 9.90 Å². The van der Waals surface area contributed by atoms with Crippen molar-refractivity contribution in [2.45, 2.75) is 19.6 Å². The molecule has 4 aromatic rings. The number of carboxylic acid groups (broad SMARTS) is 1. The maximum atomic E-state index is 12.4. The fraction of sp³-hybridized carbons (Fsp3) is 0.222. The highest BCUT2D eigenvalue weighted by Crippen LogP contribution is 2.38. The van der Waals surface area contributed by atoms with Gasteiger partial charge in [0.25, 0.3) is 0 Å². The zero-order valence-corrected chi connectivity index (χ0v) is 20.6. The van der Waals surface area contributed by atoms with E-state index in [4.69, 9.17) is 25.8 Å². The van der Waals surface area contributed by atoms with Crippen molar-refractivity contribution in [1.82, 2.24) is 9.88 Å². The van der Waals surface area contributed by atoms with E-state index >= 15 is 0 Å². The smallest absolute Gasteiger partial charge is 0.352 e. The molecule has 0 atom stereocenters. The molecule has 0 fully saturated rings. The lowest BCUT2D eigenvalue weighted by atomic mass is 10.1. The van der Waals surface area contributed by atoms with Gasteiger partial charge < -0.3 is 29.2 Å². The van der Waals surface area contributed by atoms with Crippen LogP contribution in [0.3, 0.4) is 0 Å². The lowest BCUT2D eigenvalue weighted by Gasteiger charge is -2.14. The van der Waals surface area contributed by atoms with E-state index in [0.717, 1.165) is 27.6 Å². The van der Waals surface area contributed by atoms with Crippen LogP contribution < -0.4 is 19.5 Å². The number of hydrogen-bond donors (Lipinski definition) is 2. The monoisotopic (exact) mass is 494 g/mol.